The Morgan fingerprint density at radius 3 is 2.82 bits per heavy atom. The summed E-state index contributed by atoms with van der Waals surface area (Å²) in [6.07, 6.45) is 1.59. The van der Waals surface area contributed by atoms with Gasteiger partial charge in [0.2, 0.25) is 15.9 Å². The standard InChI is InChI=1S/C15H22N2O4S/c1-3-21-11-15(18)16-13-7-8-14-12(10-13)6-5-9-17(14)22(19,20)4-2/h7-8,10H,3-6,9,11H2,1-2H3,(H,16,18). The number of rotatable bonds is 6. The van der Waals surface area contributed by atoms with Crippen LogP contribution in [0.3, 0.4) is 0 Å². The minimum absolute atomic E-state index is 0.0178. The van der Waals surface area contributed by atoms with E-state index < -0.39 is 10.0 Å². The molecule has 0 bridgehead atoms. The van der Waals surface area contributed by atoms with Gasteiger partial charge in [-0.25, -0.2) is 8.42 Å². The number of carbonyl (C=O) groups excluding carboxylic acids is 1. The molecule has 0 saturated heterocycles. The molecule has 7 heteroatoms. The number of hydrogen-bond donors (Lipinski definition) is 1. The summed E-state index contributed by atoms with van der Waals surface area (Å²) in [5.74, 6) is -0.130. The second-order valence-corrected chi connectivity index (χ2v) is 7.29. The van der Waals surface area contributed by atoms with Gasteiger partial charge in [0.1, 0.15) is 6.61 Å². The number of sulfonamides is 1. The van der Waals surface area contributed by atoms with Crippen molar-refractivity contribution >= 4 is 27.3 Å². The number of amides is 1. The number of hydrogen-bond acceptors (Lipinski definition) is 4. The first-order valence-electron chi connectivity index (χ1n) is 7.49. The highest BCUT2D eigenvalue weighted by atomic mass is 32.2. The van der Waals surface area contributed by atoms with Gasteiger partial charge in [0.05, 0.1) is 11.4 Å². The highest BCUT2D eigenvalue weighted by molar-refractivity contribution is 7.92. The summed E-state index contributed by atoms with van der Waals surface area (Å²) in [7, 11) is -3.26. The second-order valence-electron chi connectivity index (χ2n) is 5.11. The topological polar surface area (TPSA) is 75.7 Å². The molecule has 0 aliphatic carbocycles. The fourth-order valence-electron chi connectivity index (χ4n) is 2.48. The molecule has 0 radical (unpaired) electrons. The van der Waals surface area contributed by atoms with Crippen LogP contribution in [0.5, 0.6) is 0 Å². The minimum Gasteiger partial charge on any atom is -0.372 e. The van der Waals surface area contributed by atoms with Gasteiger partial charge in [0.15, 0.2) is 0 Å². The van der Waals surface area contributed by atoms with E-state index >= 15 is 0 Å². The van der Waals surface area contributed by atoms with Crippen molar-refractivity contribution < 1.29 is 17.9 Å². The minimum atomic E-state index is -3.26. The maximum absolute atomic E-state index is 12.1. The van der Waals surface area contributed by atoms with Crippen molar-refractivity contribution in [3.05, 3.63) is 23.8 Å². The van der Waals surface area contributed by atoms with Gasteiger partial charge >= 0.3 is 0 Å². The third-order valence-corrected chi connectivity index (χ3v) is 5.36. The Morgan fingerprint density at radius 2 is 2.14 bits per heavy atom. The van der Waals surface area contributed by atoms with Crippen molar-refractivity contribution in [2.45, 2.75) is 26.7 Å². The second kappa shape index (κ2) is 7.11. The molecule has 122 valence electrons. The van der Waals surface area contributed by atoms with Crippen molar-refractivity contribution in [1.29, 1.82) is 0 Å². The summed E-state index contributed by atoms with van der Waals surface area (Å²) in [5.41, 5.74) is 2.33. The van der Waals surface area contributed by atoms with E-state index in [4.69, 9.17) is 4.74 Å². The molecule has 1 aliphatic heterocycles. The highest BCUT2D eigenvalue weighted by Gasteiger charge is 2.26. The Kier molecular flexibility index (Phi) is 5.42. The van der Waals surface area contributed by atoms with E-state index in [-0.39, 0.29) is 18.3 Å². The third-order valence-electron chi connectivity index (χ3n) is 3.58. The van der Waals surface area contributed by atoms with Crippen LogP contribution in [-0.4, -0.2) is 39.8 Å². The molecular weight excluding hydrogens is 304 g/mol. The Bertz CT molecular complexity index is 643. The van der Waals surface area contributed by atoms with Crippen molar-refractivity contribution in [3.63, 3.8) is 0 Å². The first-order chi connectivity index (χ1) is 10.5. The van der Waals surface area contributed by atoms with Crippen LogP contribution in [0.25, 0.3) is 0 Å². The number of nitrogens with one attached hydrogen (secondary N) is 1. The van der Waals surface area contributed by atoms with Crippen molar-refractivity contribution in [3.8, 4) is 0 Å². The van der Waals surface area contributed by atoms with Crippen LogP contribution in [0.15, 0.2) is 18.2 Å². The zero-order chi connectivity index (χ0) is 16.2. The molecule has 1 heterocycles. The number of ether oxygens (including phenoxy) is 1. The van der Waals surface area contributed by atoms with E-state index in [0.29, 0.717) is 18.8 Å². The summed E-state index contributed by atoms with van der Waals surface area (Å²) >= 11 is 0. The summed E-state index contributed by atoms with van der Waals surface area (Å²) in [6.45, 7) is 4.49. The van der Waals surface area contributed by atoms with Gasteiger partial charge in [-0.2, -0.15) is 0 Å². The normalized spacial score (nSPS) is 14.5. The van der Waals surface area contributed by atoms with Gasteiger partial charge in [-0.15, -0.1) is 0 Å². The molecule has 22 heavy (non-hydrogen) atoms. The predicted octanol–water partition coefficient (Wildman–Crippen LogP) is 1.76. The smallest absolute Gasteiger partial charge is 0.250 e. The molecule has 0 atom stereocenters. The van der Waals surface area contributed by atoms with Crippen LogP contribution in [-0.2, 0) is 26.0 Å². The molecule has 1 amide bonds. The molecule has 1 N–H and O–H groups in total. The maximum Gasteiger partial charge on any atom is 0.250 e. The molecule has 2 rings (SSSR count). The number of anilines is 2. The quantitative estimate of drug-likeness (QED) is 0.864. The zero-order valence-corrected chi connectivity index (χ0v) is 13.8. The maximum atomic E-state index is 12.1. The molecule has 0 aromatic heterocycles. The average molecular weight is 326 g/mol. The Labute approximate surface area is 131 Å². The molecule has 0 fully saturated rings. The zero-order valence-electron chi connectivity index (χ0n) is 13.0. The van der Waals surface area contributed by atoms with E-state index in [2.05, 4.69) is 5.32 Å². The van der Waals surface area contributed by atoms with E-state index in [1.807, 2.05) is 13.0 Å². The fourth-order valence-corrected chi connectivity index (χ4v) is 3.67. The molecule has 6 nitrogen and oxygen atoms in total. The molecule has 1 aromatic rings. The van der Waals surface area contributed by atoms with Gasteiger partial charge in [-0.1, -0.05) is 0 Å². The van der Waals surface area contributed by atoms with Crippen molar-refractivity contribution in [1.82, 2.24) is 0 Å². The van der Waals surface area contributed by atoms with Gasteiger partial charge < -0.3 is 10.1 Å². The number of benzene rings is 1. The number of nitrogens with zero attached hydrogens (tertiary/aromatic N) is 1. The summed E-state index contributed by atoms with van der Waals surface area (Å²) < 4.78 is 30.8. The van der Waals surface area contributed by atoms with Crippen LogP contribution >= 0.6 is 0 Å². The Morgan fingerprint density at radius 1 is 1.36 bits per heavy atom. The Hall–Kier alpha value is -1.60. The monoisotopic (exact) mass is 326 g/mol. The molecule has 1 aliphatic rings. The lowest BCUT2D eigenvalue weighted by Gasteiger charge is -2.30. The SMILES string of the molecule is CCOCC(=O)Nc1ccc2c(c1)CCCN2S(=O)(=O)CC. The summed E-state index contributed by atoms with van der Waals surface area (Å²) in [4.78, 5) is 11.7. The number of carbonyl (C=O) groups is 1. The number of fused-ring (bicyclic) bond motifs is 1. The predicted molar refractivity (Wildman–Crippen MR) is 86.7 cm³/mol. The molecule has 0 saturated carbocycles. The van der Waals surface area contributed by atoms with Gasteiger partial charge in [-0.05, 0) is 50.5 Å². The molecule has 0 unspecified atom stereocenters. The summed E-state index contributed by atoms with van der Waals surface area (Å²) in [5, 5.41) is 2.76. The van der Waals surface area contributed by atoms with Crippen molar-refractivity contribution in [2.75, 3.05) is 35.1 Å². The van der Waals surface area contributed by atoms with Crippen LogP contribution in [0.2, 0.25) is 0 Å². The largest absolute Gasteiger partial charge is 0.372 e. The lowest BCUT2D eigenvalue weighted by atomic mass is 10.0. The lowest BCUT2D eigenvalue weighted by molar-refractivity contribution is -0.120. The summed E-state index contributed by atoms with van der Waals surface area (Å²) in [6, 6.07) is 5.33. The first-order valence-corrected chi connectivity index (χ1v) is 9.09. The van der Waals surface area contributed by atoms with Crippen LogP contribution in [0.4, 0.5) is 11.4 Å². The van der Waals surface area contributed by atoms with Gasteiger partial charge in [0.25, 0.3) is 0 Å². The van der Waals surface area contributed by atoms with Crippen LogP contribution in [0.1, 0.15) is 25.8 Å². The van der Waals surface area contributed by atoms with Crippen LogP contribution in [0, 0.1) is 0 Å². The van der Waals surface area contributed by atoms with Crippen LogP contribution < -0.4 is 9.62 Å². The van der Waals surface area contributed by atoms with E-state index in [9.17, 15) is 13.2 Å². The molecular formula is C15H22N2O4S. The first kappa shape index (κ1) is 16.8. The van der Waals surface area contributed by atoms with E-state index in [0.717, 1.165) is 24.1 Å². The van der Waals surface area contributed by atoms with Gasteiger partial charge in [-0.3, -0.25) is 9.10 Å². The van der Waals surface area contributed by atoms with Gasteiger partial charge in [0, 0.05) is 18.8 Å². The lowest BCUT2D eigenvalue weighted by Crippen LogP contribution is -2.36. The fraction of sp³-hybridized carbons (Fsp3) is 0.533. The molecule has 1 aromatic carbocycles. The molecule has 0 spiro atoms. The van der Waals surface area contributed by atoms with E-state index in [1.54, 1.807) is 19.1 Å². The highest BCUT2D eigenvalue weighted by Crippen LogP contribution is 2.31. The van der Waals surface area contributed by atoms with Crippen molar-refractivity contribution in [2.24, 2.45) is 0 Å². The Balaban J connectivity index is 2.19. The number of aryl methyl sites for hydroxylation is 1. The average Bonchev–Trinajstić information content (AvgIpc) is 2.52. The van der Waals surface area contributed by atoms with E-state index in [1.165, 1.54) is 4.31 Å². The third kappa shape index (κ3) is 3.78.